The molecule has 3 aromatic carbocycles. The van der Waals surface area contributed by atoms with E-state index in [4.69, 9.17) is 9.15 Å². The van der Waals surface area contributed by atoms with Crippen LogP contribution in [0.15, 0.2) is 83.3 Å². The van der Waals surface area contributed by atoms with Gasteiger partial charge in [-0.25, -0.2) is 4.79 Å². The van der Waals surface area contributed by atoms with Crippen LogP contribution in [-0.4, -0.2) is 19.0 Å². The van der Waals surface area contributed by atoms with Gasteiger partial charge in [-0.15, -0.1) is 0 Å². The second kappa shape index (κ2) is 8.40. The maximum absolute atomic E-state index is 12.5. The van der Waals surface area contributed by atoms with Gasteiger partial charge in [-0.1, -0.05) is 30.3 Å². The smallest absolute Gasteiger partial charge is 0.323 e. The average molecular weight is 401 g/mol. The summed E-state index contributed by atoms with van der Waals surface area (Å²) in [5.41, 5.74) is 2.38. The lowest BCUT2D eigenvalue weighted by Crippen LogP contribution is -2.19. The first-order valence-corrected chi connectivity index (χ1v) is 9.23. The summed E-state index contributed by atoms with van der Waals surface area (Å²) in [7, 11) is 1.55. The number of para-hydroxylation sites is 2. The maximum atomic E-state index is 12.5. The molecule has 0 atom stereocenters. The number of methoxy groups -OCH3 is 1. The predicted octanol–water partition coefficient (Wildman–Crippen LogP) is 5.34. The lowest BCUT2D eigenvalue weighted by Gasteiger charge is -2.08. The van der Waals surface area contributed by atoms with Gasteiger partial charge in [0, 0.05) is 22.4 Å². The number of urea groups is 1. The van der Waals surface area contributed by atoms with Crippen LogP contribution in [0.4, 0.5) is 21.9 Å². The summed E-state index contributed by atoms with van der Waals surface area (Å²) >= 11 is 0. The first-order valence-electron chi connectivity index (χ1n) is 9.23. The van der Waals surface area contributed by atoms with Gasteiger partial charge in [0.05, 0.1) is 7.11 Å². The maximum Gasteiger partial charge on any atom is 0.323 e. The normalized spacial score (nSPS) is 10.4. The lowest BCUT2D eigenvalue weighted by atomic mass is 10.2. The van der Waals surface area contributed by atoms with Crippen LogP contribution in [0, 0.1) is 0 Å². The largest absolute Gasteiger partial charge is 0.493 e. The Hall–Kier alpha value is -4.26. The minimum atomic E-state index is -0.379. The molecule has 3 N–H and O–H groups in total. The topological polar surface area (TPSA) is 92.6 Å². The Morgan fingerprint density at radius 2 is 1.40 bits per heavy atom. The van der Waals surface area contributed by atoms with Crippen molar-refractivity contribution in [3.05, 3.63) is 84.6 Å². The number of ether oxygens (including phenoxy) is 1. The number of hydrogen-bond acceptors (Lipinski definition) is 4. The van der Waals surface area contributed by atoms with Gasteiger partial charge in [-0.2, -0.15) is 0 Å². The number of hydrogen-bond donors (Lipinski definition) is 3. The highest BCUT2D eigenvalue weighted by molar-refractivity contribution is 6.05. The summed E-state index contributed by atoms with van der Waals surface area (Å²) in [4.78, 5) is 24.6. The summed E-state index contributed by atoms with van der Waals surface area (Å²) in [5, 5.41) is 9.03. The zero-order valence-electron chi connectivity index (χ0n) is 16.1. The number of rotatable bonds is 5. The third-order valence-corrected chi connectivity index (χ3v) is 4.38. The van der Waals surface area contributed by atoms with Crippen molar-refractivity contribution < 1.29 is 18.7 Å². The number of carbonyl (C=O) groups is 2. The van der Waals surface area contributed by atoms with Crippen LogP contribution in [0.2, 0.25) is 0 Å². The third-order valence-electron chi connectivity index (χ3n) is 4.38. The number of fused-ring (bicyclic) bond motifs is 1. The van der Waals surface area contributed by atoms with Crippen molar-refractivity contribution in [3.63, 3.8) is 0 Å². The Kier molecular flexibility index (Phi) is 5.34. The van der Waals surface area contributed by atoms with Crippen LogP contribution in [0.1, 0.15) is 10.6 Å². The first kappa shape index (κ1) is 19.1. The summed E-state index contributed by atoms with van der Waals surface area (Å²) in [6, 6.07) is 22.7. The van der Waals surface area contributed by atoms with Crippen LogP contribution in [0.3, 0.4) is 0 Å². The molecular weight excluding hydrogens is 382 g/mol. The third kappa shape index (κ3) is 4.25. The molecule has 1 heterocycles. The van der Waals surface area contributed by atoms with Gasteiger partial charge in [-0.3, -0.25) is 4.79 Å². The second-order valence-electron chi connectivity index (χ2n) is 6.47. The van der Waals surface area contributed by atoms with Gasteiger partial charge in [0.1, 0.15) is 0 Å². The molecule has 0 aliphatic heterocycles. The van der Waals surface area contributed by atoms with E-state index in [1.54, 1.807) is 55.6 Å². The predicted molar refractivity (Wildman–Crippen MR) is 116 cm³/mol. The lowest BCUT2D eigenvalue weighted by molar-refractivity contribution is 0.0998. The molecule has 7 nitrogen and oxygen atoms in total. The van der Waals surface area contributed by atoms with Crippen molar-refractivity contribution in [2.75, 3.05) is 23.1 Å². The summed E-state index contributed by atoms with van der Waals surface area (Å²) < 4.78 is 10.9. The van der Waals surface area contributed by atoms with E-state index in [1.165, 1.54) is 0 Å². The summed E-state index contributed by atoms with van der Waals surface area (Å²) in [6.45, 7) is 0. The van der Waals surface area contributed by atoms with Crippen LogP contribution in [-0.2, 0) is 0 Å². The van der Waals surface area contributed by atoms with E-state index >= 15 is 0 Å². The van der Waals surface area contributed by atoms with Crippen molar-refractivity contribution in [2.24, 2.45) is 0 Å². The zero-order valence-corrected chi connectivity index (χ0v) is 16.1. The molecule has 1 aromatic heterocycles. The second-order valence-corrected chi connectivity index (χ2v) is 6.47. The Morgan fingerprint density at radius 1 is 0.767 bits per heavy atom. The fourth-order valence-electron chi connectivity index (χ4n) is 2.95. The van der Waals surface area contributed by atoms with E-state index in [1.807, 2.05) is 30.3 Å². The SMILES string of the molecule is COc1cccc2cc(C(=O)Nc3ccc(NC(=O)Nc4ccccc4)cc3)oc12. The van der Waals surface area contributed by atoms with Crippen molar-refractivity contribution in [1.82, 2.24) is 0 Å². The Morgan fingerprint density at radius 3 is 2.07 bits per heavy atom. The minimum Gasteiger partial charge on any atom is -0.493 e. The highest BCUT2D eigenvalue weighted by atomic mass is 16.5. The van der Waals surface area contributed by atoms with Gasteiger partial charge >= 0.3 is 6.03 Å². The van der Waals surface area contributed by atoms with Crippen LogP contribution < -0.4 is 20.7 Å². The minimum absolute atomic E-state index is 0.180. The average Bonchev–Trinajstić information content (AvgIpc) is 3.20. The molecule has 0 fully saturated rings. The van der Waals surface area contributed by atoms with Gasteiger partial charge in [-0.05, 0) is 48.5 Å². The van der Waals surface area contributed by atoms with Crippen molar-refractivity contribution >= 4 is 40.0 Å². The first-order chi connectivity index (χ1) is 14.6. The number of nitrogens with one attached hydrogen (secondary N) is 3. The molecule has 0 unspecified atom stereocenters. The molecule has 4 rings (SSSR count). The molecular formula is C23H19N3O4. The van der Waals surface area contributed by atoms with E-state index in [2.05, 4.69) is 16.0 Å². The standard InChI is InChI=1S/C23H19N3O4/c1-29-19-9-5-6-15-14-20(30-21(15)19)22(27)24-17-10-12-18(13-11-17)26-23(28)25-16-7-3-2-4-8-16/h2-14H,1H3,(H,24,27)(H2,25,26,28). The van der Waals surface area contributed by atoms with Gasteiger partial charge in [0.15, 0.2) is 17.1 Å². The van der Waals surface area contributed by atoms with E-state index < -0.39 is 0 Å². The van der Waals surface area contributed by atoms with E-state index in [0.29, 0.717) is 28.4 Å². The Labute approximate surface area is 172 Å². The monoisotopic (exact) mass is 401 g/mol. The molecule has 30 heavy (non-hydrogen) atoms. The van der Waals surface area contributed by atoms with Gasteiger partial charge < -0.3 is 25.1 Å². The van der Waals surface area contributed by atoms with Crippen molar-refractivity contribution in [1.29, 1.82) is 0 Å². The van der Waals surface area contributed by atoms with Crippen LogP contribution in [0.25, 0.3) is 11.0 Å². The fraction of sp³-hybridized carbons (Fsp3) is 0.0435. The highest BCUT2D eigenvalue weighted by Gasteiger charge is 2.15. The number of benzene rings is 3. The van der Waals surface area contributed by atoms with Crippen molar-refractivity contribution in [2.45, 2.75) is 0 Å². The van der Waals surface area contributed by atoms with Crippen molar-refractivity contribution in [3.8, 4) is 5.75 Å². The van der Waals surface area contributed by atoms with Gasteiger partial charge in [0.25, 0.3) is 5.91 Å². The number of amides is 3. The molecule has 4 aromatic rings. The van der Waals surface area contributed by atoms with Gasteiger partial charge in [0.2, 0.25) is 0 Å². The zero-order chi connectivity index (χ0) is 20.9. The van der Waals surface area contributed by atoms with E-state index in [0.717, 1.165) is 5.39 Å². The highest BCUT2D eigenvalue weighted by Crippen LogP contribution is 2.28. The van der Waals surface area contributed by atoms with Crippen LogP contribution >= 0.6 is 0 Å². The fourth-order valence-corrected chi connectivity index (χ4v) is 2.95. The quantitative estimate of drug-likeness (QED) is 0.421. The molecule has 0 saturated carbocycles. The molecule has 150 valence electrons. The summed E-state index contributed by atoms with van der Waals surface area (Å²) in [5.74, 6) is 0.366. The molecule has 0 bridgehead atoms. The Balaban J connectivity index is 1.39. The molecule has 0 saturated heterocycles. The molecule has 0 aliphatic rings. The Bertz CT molecular complexity index is 1180. The molecule has 7 heteroatoms. The number of carbonyl (C=O) groups excluding carboxylic acids is 2. The molecule has 3 amide bonds. The van der Waals surface area contributed by atoms with E-state index in [-0.39, 0.29) is 17.7 Å². The number of anilines is 3. The van der Waals surface area contributed by atoms with E-state index in [9.17, 15) is 9.59 Å². The molecule has 0 radical (unpaired) electrons. The summed E-state index contributed by atoms with van der Waals surface area (Å²) in [6.07, 6.45) is 0. The van der Waals surface area contributed by atoms with Crippen LogP contribution in [0.5, 0.6) is 5.75 Å². The molecule has 0 aliphatic carbocycles. The number of furan rings is 1. The molecule has 0 spiro atoms.